The Labute approximate surface area is 107 Å². The fourth-order valence-corrected chi connectivity index (χ4v) is 3.58. The van der Waals surface area contributed by atoms with Crippen molar-refractivity contribution in [1.82, 2.24) is 4.98 Å². The molecule has 2 heteroatoms. The first-order valence-electron chi connectivity index (χ1n) is 6.31. The van der Waals surface area contributed by atoms with Crippen molar-refractivity contribution in [2.75, 3.05) is 0 Å². The van der Waals surface area contributed by atoms with Crippen molar-refractivity contribution in [3.63, 3.8) is 0 Å². The Kier molecular flexibility index (Phi) is 2.75. The summed E-state index contributed by atoms with van der Waals surface area (Å²) in [6.07, 6.45) is 5.84. The van der Waals surface area contributed by atoms with Gasteiger partial charge in [0, 0.05) is 6.20 Å². The quantitative estimate of drug-likeness (QED) is 0.760. The minimum Gasteiger partial charge on any atom is -0.252 e. The van der Waals surface area contributed by atoms with Crippen LogP contribution in [0.3, 0.4) is 0 Å². The molecule has 88 valence electrons. The molecular formula is C15H17NS. The van der Waals surface area contributed by atoms with Gasteiger partial charge in [0.05, 0.1) is 10.4 Å². The molecule has 0 radical (unpaired) electrons. The van der Waals surface area contributed by atoms with Crippen molar-refractivity contribution >= 4 is 11.3 Å². The predicted molar refractivity (Wildman–Crippen MR) is 73.7 cm³/mol. The molecule has 0 unspecified atom stereocenters. The van der Waals surface area contributed by atoms with E-state index in [1.165, 1.54) is 29.7 Å². The Morgan fingerprint density at radius 2 is 2.12 bits per heavy atom. The third kappa shape index (κ3) is 1.81. The highest BCUT2D eigenvalue weighted by Gasteiger charge is 2.20. The van der Waals surface area contributed by atoms with E-state index in [0.29, 0.717) is 5.92 Å². The van der Waals surface area contributed by atoms with Gasteiger partial charge in [0.25, 0.3) is 0 Å². The zero-order valence-corrected chi connectivity index (χ0v) is 11.2. The molecule has 0 aliphatic heterocycles. The first-order chi connectivity index (χ1) is 8.27. The average molecular weight is 243 g/mol. The van der Waals surface area contributed by atoms with E-state index in [2.05, 4.69) is 31.0 Å². The van der Waals surface area contributed by atoms with Crippen LogP contribution >= 0.6 is 11.3 Å². The summed E-state index contributed by atoms with van der Waals surface area (Å²) in [6.45, 7) is 4.61. The van der Waals surface area contributed by atoms with Crippen molar-refractivity contribution in [1.29, 1.82) is 0 Å². The molecule has 2 aromatic rings. The molecule has 1 aromatic heterocycles. The second-order valence-corrected chi connectivity index (χ2v) is 5.92. The number of aryl methyl sites for hydroxylation is 1. The SMILES string of the molecule is CC(C)c1c(-c2cncs2)ccc2c1CCC2. The van der Waals surface area contributed by atoms with Crippen molar-refractivity contribution in [3.05, 3.63) is 40.5 Å². The molecule has 0 fully saturated rings. The first kappa shape index (κ1) is 11.0. The van der Waals surface area contributed by atoms with Crippen LogP contribution in [0.2, 0.25) is 0 Å². The summed E-state index contributed by atoms with van der Waals surface area (Å²) in [5.41, 5.74) is 8.08. The maximum Gasteiger partial charge on any atom is 0.0797 e. The van der Waals surface area contributed by atoms with Gasteiger partial charge in [-0.2, -0.15) is 0 Å². The standard InChI is InChI=1S/C15H17NS/c1-10(2)15-12-5-3-4-11(12)6-7-13(15)14-8-16-9-17-14/h6-10H,3-5H2,1-2H3. The summed E-state index contributed by atoms with van der Waals surface area (Å²) in [4.78, 5) is 5.52. The van der Waals surface area contributed by atoms with Gasteiger partial charge in [0.1, 0.15) is 0 Å². The summed E-state index contributed by atoms with van der Waals surface area (Å²) in [5.74, 6) is 0.597. The zero-order chi connectivity index (χ0) is 11.8. The van der Waals surface area contributed by atoms with Gasteiger partial charge in [0.2, 0.25) is 0 Å². The van der Waals surface area contributed by atoms with Crippen LogP contribution in [-0.4, -0.2) is 4.98 Å². The largest absolute Gasteiger partial charge is 0.252 e. The fraction of sp³-hybridized carbons (Fsp3) is 0.400. The normalized spacial score (nSPS) is 14.3. The van der Waals surface area contributed by atoms with Crippen LogP contribution in [-0.2, 0) is 12.8 Å². The molecule has 0 spiro atoms. The fourth-order valence-electron chi connectivity index (χ4n) is 2.92. The molecule has 1 aromatic carbocycles. The summed E-state index contributed by atoms with van der Waals surface area (Å²) >= 11 is 1.74. The van der Waals surface area contributed by atoms with Gasteiger partial charge >= 0.3 is 0 Å². The third-order valence-electron chi connectivity index (χ3n) is 3.60. The highest BCUT2D eigenvalue weighted by atomic mass is 32.1. The smallest absolute Gasteiger partial charge is 0.0797 e. The second-order valence-electron chi connectivity index (χ2n) is 5.04. The van der Waals surface area contributed by atoms with Crippen LogP contribution in [0.4, 0.5) is 0 Å². The highest BCUT2D eigenvalue weighted by molar-refractivity contribution is 7.13. The highest BCUT2D eigenvalue weighted by Crippen LogP contribution is 2.38. The maximum absolute atomic E-state index is 4.21. The molecule has 0 bridgehead atoms. The molecule has 0 N–H and O–H groups in total. The second kappa shape index (κ2) is 4.26. The Bertz CT molecular complexity index is 526. The number of benzene rings is 1. The Morgan fingerprint density at radius 1 is 1.24 bits per heavy atom. The number of hydrogen-bond donors (Lipinski definition) is 0. The van der Waals surface area contributed by atoms with Gasteiger partial charge in [-0.25, -0.2) is 0 Å². The van der Waals surface area contributed by atoms with Gasteiger partial charge in [-0.05, 0) is 47.4 Å². The lowest BCUT2D eigenvalue weighted by molar-refractivity contribution is 0.841. The Balaban J connectivity index is 2.22. The molecule has 1 aliphatic rings. The van der Waals surface area contributed by atoms with E-state index in [1.807, 2.05) is 11.7 Å². The van der Waals surface area contributed by atoms with Gasteiger partial charge in [-0.1, -0.05) is 26.0 Å². The van der Waals surface area contributed by atoms with Crippen molar-refractivity contribution in [2.24, 2.45) is 0 Å². The molecule has 0 atom stereocenters. The lowest BCUT2D eigenvalue weighted by Crippen LogP contribution is -1.98. The molecule has 1 aliphatic carbocycles. The predicted octanol–water partition coefficient (Wildman–Crippen LogP) is 4.42. The van der Waals surface area contributed by atoms with Crippen LogP contribution in [0, 0.1) is 0 Å². The van der Waals surface area contributed by atoms with E-state index in [-0.39, 0.29) is 0 Å². The van der Waals surface area contributed by atoms with E-state index < -0.39 is 0 Å². The zero-order valence-electron chi connectivity index (χ0n) is 10.4. The lowest BCUT2D eigenvalue weighted by atomic mass is 9.89. The number of hydrogen-bond acceptors (Lipinski definition) is 2. The van der Waals surface area contributed by atoms with E-state index in [4.69, 9.17) is 0 Å². The minimum atomic E-state index is 0.597. The molecule has 17 heavy (non-hydrogen) atoms. The molecule has 1 nitrogen and oxygen atoms in total. The van der Waals surface area contributed by atoms with Gasteiger partial charge in [-0.15, -0.1) is 11.3 Å². The topological polar surface area (TPSA) is 12.9 Å². The lowest BCUT2D eigenvalue weighted by Gasteiger charge is -2.16. The van der Waals surface area contributed by atoms with Gasteiger partial charge < -0.3 is 0 Å². The Morgan fingerprint density at radius 3 is 2.82 bits per heavy atom. The number of nitrogens with zero attached hydrogens (tertiary/aromatic N) is 1. The summed E-state index contributed by atoms with van der Waals surface area (Å²) in [7, 11) is 0. The number of fused-ring (bicyclic) bond motifs is 1. The number of aromatic nitrogens is 1. The summed E-state index contributed by atoms with van der Waals surface area (Å²) < 4.78 is 0. The van der Waals surface area contributed by atoms with E-state index in [1.54, 1.807) is 28.0 Å². The molecule has 0 saturated carbocycles. The van der Waals surface area contributed by atoms with Crippen molar-refractivity contribution in [3.8, 4) is 10.4 Å². The van der Waals surface area contributed by atoms with Crippen LogP contribution in [0.25, 0.3) is 10.4 Å². The van der Waals surface area contributed by atoms with Gasteiger partial charge in [-0.3, -0.25) is 4.98 Å². The van der Waals surface area contributed by atoms with E-state index in [9.17, 15) is 0 Å². The van der Waals surface area contributed by atoms with Gasteiger partial charge in [0.15, 0.2) is 0 Å². The summed E-state index contributed by atoms with van der Waals surface area (Å²) in [5, 5.41) is 0. The first-order valence-corrected chi connectivity index (χ1v) is 7.19. The number of thiazole rings is 1. The van der Waals surface area contributed by atoms with Crippen LogP contribution in [0.1, 0.15) is 42.9 Å². The van der Waals surface area contributed by atoms with Crippen LogP contribution in [0.5, 0.6) is 0 Å². The van der Waals surface area contributed by atoms with Crippen LogP contribution < -0.4 is 0 Å². The van der Waals surface area contributed by atoms with Crippen LogP contribution in [0.15, 0.2) is 23.8 Å². The maximum atomic E-state index is 4.21. The summed E-state index contributed by atoms with van der Waals surface area (Å²) in [6, 6.07) is 4.62. The van der Waals surface area contributed by atoms with Crippen molar-refractivity contribution < 1.29 is 0 Å². The van der Waals surface area contributed by atoms with E-state index in [0.717, 1.165) is 0 Å². The molecule has 3 rings (SSSR count). The molecule has 0 amide bonds. The van der Waals surface area contributed by atoms with E-state index >= 15 is 0 Å². The molecule has 1 heterocycles. The number of rotatable bonds is 2. The molecular weight excluding hydrogens is 226 g/mol. The third-order valence-corrected chi connectivity index (χ3v) is 4.41. The molecule has 0 saturated heterocycles. The average Bonchev–Trinajstić information content (AvgIpc) is 2.98. The minimum absolute atomic E-state index is 0.597. The monoisotopic (exact) mass is 243 g/mol. The van der Waals surface area contributed by atoms with Crippen molar-refractivity contribution in [2.45, 2.75) is 39.0 Å². The Hall–Kier alpha value is -1.15.